The van der Waals surface area contributed by atoms with E-state index in [4.69, 9.17) is 0 Å². The molecule has 0 bridgehead atoms. The van der Waals surface area contributed by atoms with Crippen LogP contribution in [0.25, 0.3) is 0 Å². The summed E-state index contributed by atoms with van der Waals surface area (Å²) in [5.41, 5.74) is 4.37. The van der Waals surface area contributed by atoms with Gasteiger partial charge in [0.05, 0.1) is 6.42 Å². The van der Waals surface area contributed by atoms with Gasteiger partial charge in [0.2, 0.25) is 5.91 Å². The molecule has 0 aliphatic heterocycles. The van der Waals surface area contributed by atoms with Crippen LogP contribution in [0.1, 0.15) is 23.1 Å². The van der Waals surface area contributed by atoms with E-state index in [2.05, 4.69) is 12.2 Å². The van der Waals surface area contributed by atoms with Crippen LogP contribution < -0.4 is 26.9 Å². The van der Waals surface area contributed by atoms with Crippen molar-refractivity contribution < 1.29 is 26.3 Å². The molecule has 0 aliphatic rings. The predicted molar refractivity (Wildman–Crippen MR) is 80.5 cm³/mol. The maximum absolute atomic E-state index is 12.0. The number of pyridine rings is 1. The molecule has 0 atom stereocenters. The highest BCUT2D eigenvalue weighted by Gasteiger charge is 2.08. The molecule has 1 N–H and O–H groups in total. The summed E-state index contributed by atoms with van der Waals surface area (Å²) in [6, 6.07) is 10.2. The smallest absolute Gasteiger partial charge is 0.230 e. The van der Waals surface area contributed by atoms with E-state index in [1.54, 1.807) is 0 Å². The highest BCUT2D eigenvalue weighted by atomic mass is 79.9. The van der Waals surface area contributed by atoms with Gasteiger partial charge >= 0.3 is 0 Å². The predicted octanol–water partition coefficient (Wildman–Crippen LogP) is -0.0678. The number of anilines is 1. The van der Waals surface area contributed by atoms with Gasteiger partial charge in [-0.05, 0) is 43.5 Å². The number of hydrogen-bond donors (Lipinski definition) is 1. The fraction of sp³-hybridized carbons (Fsp3) is 0.294. The van der Waals surface area contributed by atoms with Crippen molar-refractivity contribution >= 4 is 11.6 Å². The van der Waals surface area contributed by atoms with Gasteiger partial charge in [0.25, 0.3) is 0 Å². The third kappa shape index (κ3) is 5.31. The molecule has 0 saturated heterocycles. The maximum atomic E-state index is 12.0. The Bertz CT molecular complexity index is 609. The lowest BCUT2D eigenvalue weighted by atomic mass is 10.1. The number of benzene rings is 1. The molecule has 0 radical (unpaired) electrons. The van der Waals surface area contributed by atoms with Crippen LogP contribution in [0.4, 0.5) is 5.69 Å². The summed E-state index contributed by atoms with van der Waals surface area (Å²) in [7, 11) is 0. The monoisotopic (exact) mass is 348 g/mol. The zero-order valence-corrected chi connectivity index (χ0v) is 14.3. The summed E-state index contributed by atoms with van der Waals surface area (Å²) in [5.74, 6) is 0.0479. The molecule has 1 heterocycles. The second kappa shape index (κ2) is 7.93. The van der Waals surface area contributed by atoms with Crippen LogP contribution in [0.3, 0.4) is 0 Å². The molecular weight excluding hydrogens is 328 g/mol. The molecule has 3 nitrogen and oxygen atoms in total. The minimum absolute atomic E-state index is 0. The molecule has 4 heteroatoms. The van der Waals surface area contributed by atoms with Gasteiger partial charge in [-0.3, -0.25) is 4.79 Å². The van der Waals surface area contributed by atoms with Crippen molar-refractivity contribution in [3.05, 3.63) is 59.4 Å². The largest absolute Gasteiger partial charge is 1.00 e. The van der Waals surface area contributed by atoms with Crippen molar-refractivity contribution in [3.8, 4) is 0 Å². The summed E-state index contributed by atoms with van der Waals surface area (Å²) in [6.45, 7) is 6.77. The Morgan fingerprint density at radius 3 is 2.38 bits per heavy atom. The standard InChI is InChI=1S/C17H20N2O.BrH/c1-13-6-9-19(10-7-13)11-8-17(20)18-16-12-14(2)4-5-15(16)3;/h4-7,9-10,12H,8,11H2,1-3H3;1H. The first-order chi connectivity index (χ1) is 9.54. The van der Waals surface area contributed by atoms with E-state index in [1.807, 2.05) is 61.1 Å². The van der Waals surface area contributed by atoms with Gasteiger partial charge in [-0.15, -0.1) is 0 Å². The molecule has 0 fully saturated rings. The minimum Gasteiger partial charge on any atom is -1.00 e. The number of carbonyl (C=O) groups is 1. The van der Waals surface area contributed by atoms with E-state index in [0.29, 0.717) is 13.0 Å². The summed E-state index contributed by atoms with van der Waals surface area (Å²) in [5, 5.41) is 2.98. The van der Waals surface area contributed by atoms with Crippen LogP contribution in [0.15, 0.2) is 42.7 Å². The van der Waals surface area contributed by atoms with Crippen molar-refractivity contribution in [1.29, 1.82) is 0 Å². The zero-order valence-electron chi connectivity index (χ0n) is 12.7. The van der Waals surface area contributed by atoms with E-state index in [1.165, 1.54) is 5.56 Å². The summed E-state index contributed by atoms with van der Waals surface area (Å²) >= 11 is 0. The van der Waals surface area contributed by atoms with Gasteiger partial charge in [0.1, 0.15) is 0 Å². The lowest BCUT2D eigenvalue weighted by molar-refractivity contribution is -0.695. The lowest BCUT2D eigenvalue weighted by Gasteiger charge is -2.08. The van der Waals surface area contributed by atoms with E-state index in [9.17, 15) is 4.79 Å². The van der Waals surface area contributed by atoms with Crippen LogP contribution in [0.5, 0.6) is 0 Å². The first-order valence-electron chi connectivity index (χ1n) is 6.87. The molecule has 1 aromatic heterocycles. The Kier molecular flexibility index (Phi) is 6.56. The molecule has 1 aromatic carbocycles. The Morgan fingerprint density at radius 1 is 1.05 bits per heavy atom. The number of nitrogens with zero attached hydrogens (tertiary/aromatic N) is 1. The van der Waals surface area contributed by atoms with Gasteiger partial charge < -0.3 is 22.3 Å². The number of carbonyl (C=O) groups excluding carboxylic acids is 1. The van der Waals surface area contributed by atoms with Crippen LogP contribution in [-0.4, -0.2) is 5.91 Å². The van der Waals surface area contributed by atoms with E-state index < -0.39 is 0 Å². The fourth-order valence-corrected chi connectivity index (χ4v) is 1.99. The van der Waals surface area contributed by atoms with Crippen molar-refractivity contribution in [3.63, 3.8) is 0 Å². The van der Waals surface area contributed by atoms with Crippen molar-refractivity contribution in [2.45, 2.75) is 33.7 Å². The number of hydrogen-bond acceptors (Lipinski definition) is 1. The Balaban J connectivity index is 0.00000220. The molecule has 2 aromatic rings. The van der Waals surface area contributed by atoms with E-state index >= 15 is 0 Å². The quantitative estimate of drug-likeness (QED) is 0.771. The van der Waals surface area contributed by atoms with Crippen LogP contribution >= 0.6 is 0 Å². The van der Waals surface area contributed by atoms with Gasteiger partial charge in [0.15, 0.2) is 18.9 Å². The highest BCUT2D eigenvalue weighted by molar-refractivity contribution is 5.91. The molecule has 2 rings (SSSR count). The minimum atomic E-state index is 0. The number of amides is 1. The molecular formula is C17H21BrN2O. The molecule has 0 aliphatic carbocycles. The Hall–Kier alpha value is -1.68. The van der Waals surface area contributed by atoms with Gasteiger partial charge in [0, 0.05) is 17.8 Å². The first-order valence-corrected chi connectivity index (χ1v) is 6.87. The Labute approximate surface area is 136 Å². The SMILES string of the molecule is Cc1cc[n+](CCC(=O)Nc2cc(C)ccc2C)cc1.[Br-]. The first kappa shape index (κ1) is 17.4. The van der Waals surface area contributed by atoms with Crippen molar-refractivity contribution in [2.75, 3.05) is 5.32 Å². The summed E-state index contributed by atoms with van der Waals surface area (Å²) < 4.78 is 2.02. The maximum Gasteiger partial charge on any atom is 0.230 e. The van der Waals surface area contributed by atoms with Crippen molar-refractivity contribution in [2.24, 2.45) is 0 Å². The van der Waals surface area contributed by atoms with Gasteiger partial charge in [-0.2, -0.15) is 0 Å². The van der Waals surface area contributed by atoms with Crippen molar-refractivity contribution in [1.82, 2.24) is 0 Å². The van der Waals surface area contributed by atoms with Gasteiger partial charge in [-0.1, -0.05) is 12.1 Å². The molecule has 112 valence electrons. The summed E-state index contributed by atoms with van der Waals surface area (Å²) in [6.07, 6.45) is 4.47. The normalized spacial score (nSPS) is 9.86. The molecule has 0 unspecified atom stereocenters. The second-order valence-corrected chi connectivity index (χ2v) is 5.23. The zero-order chi connectivity index (χ0) is 14.5. The highest BCUT2D eigenvalue weighted by Crippen LogP contribution is 2.16. The fourth-order valence-electron chi connectivity index (χ4n) is 1.99. The van der Waals surface area contributed by atoms with E-state index in [0.717, 1.165) is 16.8 Å². The average molecular weight is 349 g/mol. The topological polar surface area (TPSA) is 33.0 Å². The number of rotatable bonds is 4. The van der Waals surface area contributed by atoms with Crippen LogP contribution in [0, 0.1) is 20.8 Å². The molecule has 0 spiro atoms. The summed E-state index contributed by atoms with van der Waals surface area (Å²) in [4.78, 5) is 12.0. The molecule has 1 amide bonds. The number of halogens is 1. The third-order valence-corrected chi connectivity index (χ3v) is 3.32. The Morgan fingerprint density at radius 2 is 1.71 bits per heavy atom. The molecule has 0 saturated carbocycles. The van der Waals surface area contributed by atoms with Crippen LogP contribution in [-0.2, 0) is 11.3 Å². The lowest BCUT2D eigenvalue weighted by Crippen LogP contribution is -3.00. The second-order valence-electron chi connectivity index (χ2n) is 5.23. The third-order valence-electron chi connectivity index (χ3n) is 3.32. The average Bonchev–Trinajstić information content (AvgIpc) is 2.42. The van der Waals surface area contributed by atoms with Crippen LogP contribution in [0.2, 0.25) is 0 Å². The number of aryl methyl sites for hydroxylation is 4. The number of nitrogens with one attached hydrogen (secondary N) is 1. The molecule has 21 heavy (non-hydrogen) atoms. The van der Waals surface area contributed by atoms with E-state index in [-0.39, 0.29) is 22.9 Å². The number of aromatic nitrogens is 1. The van der Waals surface area contributed by atoms with Gasteiger partial charge in [-0.25, -0.2) is 4.57 Å².